The van der Waals surface area contributed by atoms with Crippen molar-refractivity contribution in [1.82, 2.24) is 4.90 Å². The van der Waals surface area contributed by atoms with Crippen LogP contribution in [-0.4, -0.2) is 41.6 Å². The Morgan fingerprint density at radius 2 is 1.68 bits per heavy atom. The molecule has 0 bridgehead atoms. The van der Waals surface area contributed by atoms with Crippen LogP contribution in [0.3, 0.4) is 0 Å². The van der Waals surface area contributed by atoms with E-state index in [1.54, 1.807) is 0 Å². The first-order valence-electron chi connectivity index (χ1n) is 8.61. The molecular formula is C20H18F3NO4. The SMILES string of the molecule is O=C(O)C1CN(C(=O)COc2ccc(C(F)(F)F)cc2)CC1c1ccccc1. The van der Waals surface area contributed by atoms with Crippen LogP contribution >= 0.6 is 0 Å². The summed E-state index contributed by atoms with van der Waals surface area (Å²) >= 11 is 0. The first-order valence-corrected chi connectivity index (χ1v) is 8.61. The van der Waals surface area contributed by atoms with Gasteiger partial charge in [0.25, 0.3) is 5.91 Å². The minimum absolute atomic E-state index is 0.0596. The average Bonchev–Trinajstić information content (AvgIpc) is 3.12. The van der Waals surface area contributed by atoms with Crippen molar-refractivity contribution in [3.05, 3.63) is 65.7 Å². The van der Waals surface area contributed by atoms with Gasteiger partial charge in [-0.25, -0.2) is 0 Å². The standard InChI is InChI=1S/C20H18F3NO4/c21-20(22,23)14-6-8-15(9-7-14)28-12-18(25)24-10-16(17(11-24)19(26)27)13-4-2-1-3-5-13/h1-9,16-17H,10-12H2,(H,26,27). The fraction of sp³-hybridized carbons (Fsp3) is 0.300. The number of benzene rings is 2. The van der Waals surface area contributed by atoms with Gasteiger partial charge < -0.3 is 14.7 Å². The van der Waals surface area contributed by atoms with Crippen LogP contribution in [0.25, 0.3) is 0 Å². The Balaban J connectivity index is 1.62. The van der Waals surface area contributed by atoms with Gasteiger partial charge in [0.05, 0.1) is 11.5 Å². The minimum atomic E-state index is -4.44. The van der Waals surface area contributed by atoms with E-state index in [4.69, 9.17) is 4.74 Å². The van der Waals surface area contributed by atoms with Crippen molar-refractivity contribution in [2.24, 2.45) is 5.92 Å². The summed E-state index contributed by atoms with van der Waals surface area (Å²) in [5.41, 5.74) is 0.0366. The highest BCUT2D eigenvalue weighted by atomic mass is 19.4. The maximum Gasteiger partial charge on any atom is 0.416 e. The van der Waals surface area contributed by atoms with E-state index in [0.29, 0.717) is 0 Å². The molecule has 5 nitrogen and oxygen atoms in total. The van der Waals surface area contributed by atoms with E-state index >= 15 is 0 Å². The van der Waals surface area contributed by atoms with E-state index in [2.05, 4.69) is 0 Å². The molecule has 0 radical (unpaired) electrons. The second kappa shape index (κ2) is 7.92. The van der Waals surface area contributed by atoms with E-state index in [0.717, 1.165) is 29.8 Å². The molecule has 1 heterocycles. The highest BCUT2D eigenvalue weighted by molar-refractivity contribution is 5.80. The number of hydrogen-bond acceptors (Lipinski definition) is 3. The van der Waals surface area contributed by atoms with Gasteiger partial charge in [0.2, 0.25) is 0 Å². The lowest BCUT2D eigenvalue weighted by molar-refractivity contribution is -0.142. The lowest BCUT2D eigenvalue weighted by atomic mass is 9.89. The first kappa shape index (κ1) is 19.7. The molecule has 148 valence electrons. The number of hydrogen-bond donors (Lipinski definition) is 1. The second-order valence-corrected chi connectivity index (χ2v) is 6.57. The summed E-state index contributed by atoms with van der Waals surface area (Å²) in [7, 11) is 0. The molecule has 1 saturated heterocycles. The molecule has 1 amide bonds. The van der Waals surface area contributed by atoms with Crippen molar-refractivity contribution in [3.63, 3.8) is 0 Å². The highest BCUT2D eigenvalue weighted by Crippen LogP contribution is 2.33. The molecule has 0 saturated carbocycles. The van der Waals surface area contributed by atoms with E-state index in [-0.39, 0.29) is 31.4 Å². The molecule has 8 heteroatoms. The van der Waals surface area contributed by atoms with Crippen LogP contribution in [0.1, 0.15) is 17.0 Å². The van der Waals surface area contributed by atoms with Gasteiger partial charge in [-0.3, -0.25) is 9.59 Å². The molecule has 0 aromatic heterocycles. The Morgan fingerprint density at radius 3 is 2.25 bits per heavy atom. The summed E-state index contributed by atoms with van der Waals surface area (Å²) in [4.78, 5) is 25.4. The lowest BCUT2D eigenvalue weighted by Gasteiger charge is -2.17. The smallest absolute Gasteiger partial charge is 0.416 e. The summed E-state index contributed by atoms with van der Waals surface area (Å²) in [5, 5.41) is 9.48. The summed E-state index contributed by atoms with van der Waals surface area (Å²) in [6.07, 6.45) is -4.44. The molecule has 2 aromatic rings. The Kier molecular flexibility index (Phi) is 5.58. The molecule has 28 heavy (non-hydrogen) atoms. The molecule has 1 aliphatic rings. The average molecular weight is 393 g/mol. The largest absolute Gasteiger partial charge is 0.484 e. The van der Waals surface area contributed by atoms with E-state index in [1.807, 2.05) is 30.3 Å². The zero-order valence-electron chi connectivity index (χ0n) is 14.7. The maximum atomic E-state index is 12.6. The van der Waals surface area contributed by atoms with Crippen LogP contribution in [0.5, 0.6) is 5.75 Å². The summed E-state index contributed by atoms with van der Waals surface area (Å²) in [5.74, 6) is -2.31. The summed E-state index contributed by atoms with van der Waals surface area (Å²) < 4.78 is 43.0. The molecular weight excluding hydrogens is 375 g/mol. The van der Waals surface area contributed by atoms with Crippen LogP contribution in [-0.2, 0) is 15.8 Å². The van der Waals surface area contributed by atoms with Crippen molar-refractivity contribution in [3.8, 4) is 5.75 Å². The number of carboxylic acid groups (broad SMARTS) is 1. The van der Waals surface area contributed by atoms with Crippen molar-refractivity contribution >= 4 is 11.9 Å². The monoisotopic (exact) mass is 393 g/mol. The molecule has 0 aliphatic carbocycles. The number of nitrogens with zero attached hydrogens (tertiary/aromatic N) is 1. The first-order chi connectivity index (χ1) is 13.3. The number of carbonyl (C=O) groups is 2. The third-order valence-electron chi connectivity index (χ3n) is 4.76. The normalized spacial score (nSPS) is 19.5. The molecule has 1 N–H and O–H groups in total. The van der Waals surface area contributed by atoms with E-state index in [1.165, 1.54) is 4.90 Å². The van der Waals surface area contributed by atoms with Crippen LogP contribution in [0.15, 0.2) is 54.6 Å². The summed E-state index contributed by atoms with van der Waals surface area (Å²) in [6.45, 7) is -0.0699. The lowest BCUT2D eigenvalue weighted by Crippen LogP contribution is -2.33. The van der Waals surface area contributed by atoms with Crippen molar-refractivity contribution in [1.29, 1.82) is 0 Å². The van der Waals surface area contributed by atoms with Crippen LogP contribution in [0.4, 0.5) is 13.2 Å². The Morgan fingerprint density at radius 1 is 1.04 bits per heavy atom. The van der Waals surface area contributed by atoms with Crippen LogP contribution < -0.4 is 4.74 Å². The molecule has 2 atom stereocenters. The molecule has 1 fully saturated rings. The van der Waals surface area contributed by atoms with Crippen molar-refractivity contribution in [2.75, 3.05) is 19.7 Å². The zero-order valence-corrected chi connectivity index (χ0v) is 14.7. The van der Waals surface area contributed by atoms with Crippen LogP contribution in [0.2, 0.25) is 0 Å². The van der Waals surface area contributed by atoms with Gasteiger partial charge in [0.15, 0.2) is 6.61 Å². The quantitative estimate of drug-likeness (QED) is 0.846. The number of carboxylic acids is 1. The van der Waals surface area contributed by atoms with E-state index in [9.17, 15) is 27.9 Å². The van der Waals surface area contributed by atoms with Crippen LogP contribution in [0, 0.1) is 5.92 Å². The molecule has 1 aliphatic heterocycles. The van der Waals surface area contributed by atoms with Crippen molar-refractivity contribution < 1.29 is 32.6 Å². The fourth-order valence-corrected chi connectivity index (χ4v) is 3.27. The number of ether oxygens (including phenoxy) is 1. The number of likely N-dealkylation sites (tertiary alicyclic amines) is 1. The van der Waals surface area contributed by atoms with Crippen molar-refractivity contribution in [2.45, 2.75) is 12.1 Å². The molecule has 2 aromatic carbocycles. The Labute approximate surface area is 159 Å². The third-order valence-corrected chi connectivity index (χ3v) is 4.76. The summed E-state index contributed by atoms with van der Waals surface area (Å²) in [6, 6.07) is 13.2. The maximum absolute atomic E-state index is 12.6. The number of carbonyl (C=O) groups excluding carboxylic acids is 1. The number of amides is 1. The predicted octanol–water partition coefficient (Wildman–Crippen LogP) is 3.41. The topological polar surface area (TPSA) is 66.8 Å². The van der Waals surface area contributed by atoms with Gasteiger partial charge in [0.1, 0.15) is 5.75 Å². The van der Waals surface area contributed by atoms with Gasteiger partial charge in [0, 0.05) is 19.0 Å². The molecule has 3 rings (SSSR count). The number of rotatable bonds is 5. The number of aliphatic carboxylic acids is 1. The van der Waals surface area contributed by atoms with Gasteiger partial charge in [-0.2, -0.15) is 13.2 Å². The van der Waals surface area contributed by atoms with Gasteiger partial charge in [-0.1, -0.05) is 30.3 Å². The minimum Gasteiger partial charge on any atom is -0.484 e. The Hall–Kier alpha value is -3.03. The molecule has 0 spiro atoms. The number of halogens is 3. The van der Waals surface area contributed by atoms with Gasteiger partial charge >= 0.3 is 12.1 Å². The fourth-order valence-electron chi connectivity index (χ4n) is 3.27. The number of alkyl halides is 3. The van der Waals surface area contributed by atoms with Gasteiger partial charge in [-0.15, -0.1) is 0 Å². The molecule has 2 unspecified atom stereocenters. The zero-order chi connectivity index (χ0) is 20.3. The highest BCUT2D eigenvalue weighted by Gasteiger charge is 2.40. The van der Waals surface area contributed by atoms with E-state index < -0.39 is 29.5 Å². The second-order valence-electron chi connectivity index (χ2n) is 6.57. The Bertz CT molecular complexity index is 837. The predicted molar refractivity (Wildman–Crippen MR) is 93.8 cm³/mol. The third kappa shape index (κ3) is 4.44. The van der Waals surface area contributed by atoms with Gasteiger partial charge in [-0.05, 0) is 29.8 Å².